The van der Waals surface area contributed by atoms with E-state index in [1.54, 1.807) is 0 Å². The number of nitrogens with zero attached hydrogens (tertiary/aromatic N) is 1. The van der Waals surface area contributed by atoms with E-state index >= 15 is 0 Å². The van der Waals surface area contributed by atoms with Gasteiger partial charge in [-0.05, 0) is 18.1 Å². The van der Waals surface area contributed by atoms with E-state index in [0.717, 1.165) is 11.3 Å². The van der Waals surface area contributed by atoms with Gasteiger partial charge in [-0.1, -0.05) is 30.8 Å². The molecule has 0 bridgehead atoms. The molecule has 0 radical (unpaired) electrons. The van der Waals surface area contributed by atoms with Crippen LogP contribution in [0.25, 0.3) is 0 Å². The molecule has 14 heavy (non-hydrogen) atoms. The first-order valence-electron chi connectivity index (χ1n) is 4.86. The van der Waals surface area contributed by atoms with E-state index in [1.165, 1.54) is 11.1 Å². The van der Waals surface area contributed by atoms with Crippen molar-refractivity contribution < 1.29 is 0 Å². The molecule has 0 spiro atoms. The summed E-state index contributed by atoms with van der Waals surface area (Å²) < 4.78 is 0. The van der Waals surface area contributed by atoms with E-state index in [4.69, 9.17) is 0 Å². The summed E-state index contributed by atoms with van der Waals surface area (Å²) >= 11 is 0. The molecule has 1 N–H and O–H groups in total. The van der Waals surface area contributed by atoms with Gasteiger partial charge in [0.05, 0.1) is 11.8 Å². The van der Waals surface area contributed by atoms with Gasteiger partial charge in [0.1, 0.15) is 6.17 Å². The molecule has 2 aliphatic rings. The zero-order valence-corrected chi connectivity index (χ0v) is 8.12. The minimum Gasteiger partial charge on any atom is -0.284 e. The normalized spacial score (nSPS) is 27.4. The van der Waals surface area contributed by atoms with Crippen molar-refractivity contribution in [1.82, 2.24) is 5.32 Å². The Bertz CT molecular complexity index is 445. The van der Waals surface area contributed by atoms with Crippen LogP contribution in [0.3, 0.4) is 0 Å². The van der Waals surface area contributed by atoms with Gasteiger partial charge >= 0.3 is 0 Å². The number of nitrogens with one attached hydrogen (secondary N) is 1. The Labute approximate surface area is 83.4 Å². The summed E-state index contributed by atoms with van der Waals surface area (Å²) in [5, 5.41) is 3.34. The number of hydrogen-bond donors (Lipinski definition) is 1. The second kappa shape index (κ2) is 2.55. The van der Waals surface area contributed by atoms with Crippen molar-refractivity contribution in [3.8, 4) is 0 Å². The smallest absolute Gasteiger partial charge is 0.121 e. The summed E-state index contributed by atoms with van der Waals surface area (Å²) in [5.41, 5.74) is 4.72. The molecule has 70 valence electrons. The molecule has 2 heteroatoms. The molecule has 0 amide bonds. The molecule has 2 heterocycles. The maximum absolute atomic E-state index is 4.60. The van der Waals surface area contributed by atoms with Crippen molar-refractivity contribution in [2.24, 2.45) is 4.99 Å². The van der Waals surface area contributed by atoms with Crippen LogP contribution in [0.4, 0.5) is 0 Å². The quantitative estimate of drug-likeness (QED) is 0.666. The number of aliphatic imine (C=N–C) groups is 1. The second-order valence-corrected chi connectivity index (χ2v) is 3.93. The Hall–Kier alpha value is -1.41. The van der Waals surface area contributed by atoms with Gasteiger partial charge in [-0.2, -0.15) is 0 Å². The lowest BCUT2D eigenvalue weighted by molar-refractivity contribution is 0.962. The summed E-state index contributed by atoms with van der Waals surface area (Å²) in [4.78, 5) is 4.60. The zero-order valence-electron chi connectivity index (χ0n) is 8.12. The molecular weight excluding hydrogens is 172 g/mol. The predicted octanol–water partition coefficient (Wildman–Crippen LogP) is 2.04. The molecule has 3 rings (SSSR count). The van der Waals surface area contributed by atoms with Crippen LogP contribution in [0.1, 0.15) is 24.1 Å². The van der Waals surface area contributed by atoms with E-state index in [2.05, 4.69) is 41.2 Å². The highest BCUT2D eigenvalue weighted by molar-refractivity contribution is 6.13. The SMILES string of the molecule is C=C(C)C1=NC2NC2c2ccccc21. The fourth-order valence-corrected chi connectivity index (χ4v) is 2.03. The second-order valence-electron chi connectivity index (χ2n) is 3.93. The largest absolute Gasteiger partial charge is 0.284 e. The molecule has 0 aromatic heterocycles. The Kier molecular flexibility index (Phi) is 1.45. The van der Waals surface area contributed by atoms with Crippen LogP contribution in [0.5, 0.6) is 0 Å². The minimum absolute atomic E-state index is 0.302. The van der Waals surface area contributed by atoms with E-state index in [1.807, 2.05) is 6.92 Å². The first-order valence-corrected chi connectivity index (χ1v) is 4.86. The third kappa shape index (κ3) is 0.976. The van der Waals surface area contributed by atoms with Gasteiger partial charge in [0, 0.05) is 5.56 Å². The summed E-state index contributed by atoms with van der Waals surface area (Å²) in [5.74, 6) is 0. The number of allylic oxidation sites excluding steroid dienone is 1. The van der Waals surface area contributed by atoms with Gasteiger partial charge in [0.25, 0.3) is 0 Å². The van der Waals surface area contributed by atoms with E-state index in [-0.39, 0.29) is 0 Å². The van der Waals surface area contributed by atoms with Gasteiger partial charge in [-0.25, -0.2) is 0 Å². The number of fused-ring (bicyclic) bond motifs is 3. The first-order chi connectivity index (χ1) is 6.77. The van der Waals surface area contributed by atoms with Gasteiger partial charge in [0.2, 0.25) is 0 Å². The summed E-state index contributed by atoms with van der Waals surface area (Å²) in [6.07, 6.45) is 0.302. The number of benzene rings is 1. The monoisotopic (exact) mass is 184 g/mol. The third-order valence-electron chi connectivity index (χ3n) is 2.78. The van der Waals surface area contributed by atoms with E-state index < -0.39 is 0 Å². The van der Waals surface area contributed by atoms with Gasteiger partial charge in [-0.15, -0.1) is 0 Å². The lowest BCUT2D eigenvalue weighted by Crippen LogP contribution is -2.11. The average molecular weight is 184 g/mol. The van der Waals surface area contributed by atoms with Gasteiger partial charge in [0.15, 0.2) is 0 Å². The summed E-state index contributed by atoms with van der Waals surface area (Å²) in [6.45, 7) is 5.98. The van der Waals surface area contributed by atoms with Crippen molar-refractivity contribution in [2.45, 2.75) is 19.1 Å². The molecule has 0 saturated carbocycles. The van der Waals surface area contributed by atoms with Crippen molar-refractivity contribution >= 4 is 5.71 Å². The molecular formula is C12H12N2. The van der Waals surface area contributed by atoms with Crippen LogP contribution in [0.2, 0.25) is 0 Å². The molecule has 2 aliphatic heterocycles. The molecule has 1 aromatic rings. The van der Waals surface area contributed by atoms with E-state index in [0.29, 0.717) is 12.2 Å². The lowest BCUT2D eigenvalue weighted by atomic mass is 9.94. The maximum Gasteiger partial charge on any atom is 0.121 e. The maximum atomic E-state index is 4.60. The fourth-order valence-electron chi connectivity index (χ4n) is 2.03. The van der Waals surface area contributed by atoms with Crippen molar-refractivity contribution in [3.05, 3.63) is 47.5 Å². The van der Waals surface area contributed by atoms with Crippen molar-refractivity contribution in [3.63, 3.8) is 0 Å². The summed E-state index contributed by atoms with van der Waals surface area (Å²) in [6, 6.07) is 8.88. The average Bonchev–Trinajstić information content (AvgIpc) is 2.95. The Morgan fingerprint density at radius 3 is 3.00 bits per heavy atom. The Morgan fingerprint density at radius 2 is 2.21 bits per heavy atom. The molecule has 1 aromatic carbocycles. The highest BCUT2D eigenvalue weighted by Gasteiger charge is 2.42. The van der Waals surface area contributed by atoms with Gasteiger partial charge in [-0.3, -0.25) is 10.3 Å². The lowest BCUT2D eigenvalue weighted by Gasteiger charge is -2.14. The highest BCUT2D eigenvalue weighted by Crippen LogP contribution is 2.38. The van der Waals surface area contributed by atoms with E-state index in [9.17, 15) is 0 Å². The topological polar surface area (TPSA) is 34.3 Å². The third-order valence-corrected chi connectivity index (χ3v) is 2.78. The molecule has 2 nitrogen and oxygen atoms in total. The summed E-state index contributed by atoms with van der Waals surface area (Å²) in [7, 11) is 0. The minimum atomic E-state index is 0.302. The molecule has 1 saturated heterocycles. The van der Waals surface area contributed by atoms with Crippen molar-refractivity contribution in [2.75, 3.05) is 0 Å². The number of hydrogen-bond acceptors (Lipinski definition) is 2. The molecule has 2 atom stereocenters. The zero-order chi connectivity index (χ0) is 9.71. The highest BCUT2D eigenvalue weighted by atomic mass is 15.3. The fraction of sp³-hybridized carbons (Fsp3) is 0.250. The van der Waals surface area contributed by atoms with Crippen LogP contribution < -0.4 is 5.32 Å². The Morgan fingerprint density at radius 1 is 1.43 bits per heavy atom. The molecule has 0 aliphatic carbocycles. The van der Waals surface area contributed by atoms with Crippen LogP contribution in [-0.4, -0.2) is 11.9 Å². The predicted molar refractivity (Wildman–Crippen MR) is 57.5 cm³/mol. The van der Waals surface area contributed by atoms with Crippen LogP contribution in [-0.2, 0) is 0 Å². The van der Waals surface area contributed by atoms with Gasteiger partial charge < -0.3 is 0 Å². The van der Waals surface area contributed by atoms with Crippen molar-refractivity contribution in [1.29, 1.82) is 0 Å². The van der Waals surface area contributed by atoms with Crippen LogP contribution in [0, 0.1) is 0 Å². The Balaban J connectivity index is 2.21. The standard InChI is InChI=1S/C12H12N2/c1-7(2)10-8-5-3-4-6-9(8)11-12(13-10)14-11/h3-6,11-12,14H,1H2,2H3. The molecule has 2 unspecified atom stereocenters. The first kappa shape index (κ1) is 7.94. The van der Waals surface area contributed by atoms with Crippen LogP contribution in [0.15, 0.2) is 41.4 Å². The van der Waals surface area contributed by atoms with Crippen LogP contribution >= 0.6 is 0 Å². The number of rotatable bonds is 1. The molecule has 1 fully saturated rings.